The number of alkyl halides is 1. The number of carbonyl (C=O) groups excluding carboxylic acids is 1. The van der Waals surface area contributed by atoms with E-state index in [1.54, 1.807) is 0 Å². The van der Waals surface area contributed by atoms with E-state index in [1.165, 1.54) is 11.3 Å². The van der Waals surface area contributed by atoms with Gasteiger partial charge in [-0.3, -0.25) is 4.79 Å². The molecule has 2 rings (SSSR count). The standard InChI is InChI=1S/C12H12Br2N2OS/c1-6(2)10(14)11(17)16-12-15-8-4-3-7(13)5-9(8)18-12/h3-6,10H,1-2H3,(H,15,16,17)/t10-/m1/s1. The third-order valence-electron chi connectivity index (χ3n) is 2.42. The van der Waals surface area contributed by atoms with Gasteiger partial charge in [-0.25, -0.2) is 4.98 Å². The number of halogens is 2. The molecule has 0 aliphatic heterocycles. The second-order valence-corrected chi connectivity index (χ2v) is 7.20. The van der Waals surface area contributed by atoms with E-state index < -0.39 is 0 Å². The van der Waals surface area contributed by atoms with Gasteiger partial charge in [-0.1, -0.05) is 57.0 Å². The molecule has 0 spiro atoms. The summed E-state index contributed by atoms with van der Waals surface area (Å²) in [6, 6.07) is 5.87. The molecule has 0 saturated heterocycles. The van der Waals surface area contributed by atoms with Crippen LogP contribution in [0, 0.1) is 5.92 Å². The summed E-state index contributed by atoms with van der Waals surface area (Å²) < 4.78 is 2.06. The van der Waals surface area contributed by atoms with Crippen molar-refractivity contribution in [3.05, 3.63) is 22.7 Å². The molecule has 0 fully saturated rings. The fraction of sp³-hybridized carbons (Fsp3) is 0.333. The predicted molar refractivity (Wildman–Crippen MR) is 83.5 cm³/mol. The van der Waals surface area contributed by atoms with Crippen molar-refractivity contribution in [1.82, 2.24) is 4.98 Å². The molecule has 3 nitrogen and oxygen atoms in total. The number of aromatic nitrogens is 1. The van der Waals surface area contributed by atoms with Crippen LogP contribution in [0.1, 0.15) is 13.8 Å². The van der Waals surface area contributed by atoms with Crippen molar-refractivity contribution < 1.29 is 4.79 Å². The average molecular weight is 392 g/mol. The van der Waals surface area contributed by atoms with Crippen LogP contribution < -0.4 is 5.32 Å². The van der Waals surface area contributed by atoms with Crippen molar-refractivity contribution >= 4 is 64.5 Å². The summed E-state index contributed by atoms with van der Waals surface area (Å²) in [5.41, 5.74) is 0.897. The number of hydrogen-bond acceptors (Lipinski definition) is 3. The Balaban J connectivity index is 2.20. The summed E-state index contributed by atoms with van der Waals surface area (Å²) in [4.78, 5) is 16.1. The van der Waals surface area contributed by atoms with Crippen molar-refractivity contribution in [2.24, 2.45) is 5.92 Å². The van der Waals surface area contributed by atoms with Crippen LogP contribution in [-0.4, -0.2) is 15.7 Å². The van der Waals surface area contributed by atoms with E-state index >= 15 is 0 Å². The quantitative estimate of drug-likeness (QED) is 0.787. The number of fused-ring (bicyclic) bond motifs is 1. The fourth-order valence-electron chi connectivity index (χ4n) is 1.43. The number of amides is 1. The Kier molecular flexibility index (Phi) is 4.40. The van der Waals surface area contributed by atoms with E-state index in [0.717, 1.165) is 14.7 Å². The maximum absolute atomic E-state index is 11.9. The number of hydrogen-bond donors (Lipinski definition) is 1. The lowest BCUT2D eigenvalue weighted by atomic mass is 10.1. The summed E-state index contributed by atoms with van der Waals surface area (Å²) in [5, 5.41) is 3.48. The van der Waals surface area contributed by atoms with Gasteiger partial charge < -0.3 is 5.32 Å². The zero-order valence-corrected chi connectivity index (χ0v) is 13.9. The second kappa shape index (κ2) is 5.67. The molecule has 0 aliphatic rings. The molecule has 1 N–H and O–H groups in total. The smallest absolute Gasteiger partial charge is 0.240 e. The molecule has 1 aromatic carbocycles. The lowest BCUT2D eigenvalue weighted by Crippen LogP contribution is -2.26. The molecule has 0 unspecified atom stereocenters. The largest absolute Gasteiger partial charge is 0.301 e. The van der Waals surface area contributed by atoms with Crippen LogP contribution in [-0.2, 0) is 4.79 Å². The Morgan fingerprint density at radius 3 is 2.83 bits per heavy atom. The summed E-state index contributed by atoms with van der Waals surface area (Å²) >= 11 is 8.27. The Morgan fingerprint density at radius 2 is 2.17 bits per heavy atom. The molecule has 0 saturated carbocycles. The maximum Gasteiger partial charge on any atom is 0.240 e. The summed E-state index contributed by atoms with van der Waals surface area (Å²) in [6.45, 7) is 3.99. The molecule has 6 heteroatoms. The highest BCUT2D eigenvalue weighted by atomic mass is 79.9. The number of nitrogens with one attached hydrogen (secondary N) is 1. The van der Waals surface area contributed by atoms with E-state index in [4.69, 9.17) is 0 Å². The third-order valence-corrected chi connectivity index (χ3v) is 5.32. The number of benzene rings is 1. The molecular weight excluding hydrogens is 380 g/mol. The number of anilines is 1. The number of rotatable bonds is 3. The molecule has 0 radical (unpaired) electrons. The molecule has 1 amide bonds. The highest BCUT2D eigenvalue weighted by Gasteiger charge is 2.19. The van der Waals surface area contributed by atoms with Crippen LogP contribution in [0.3, 0.4) is 0 Å². The van der Waals surface area contributed by atoms with Crippen LogP contribution in [0.2, 0.25) is 0 Å². The Bertz CT molecular complexity index is 582. The zero-order chi connectivity index (χ0) is 13.3. The van der Waals surface area contributed by atoms with Crippen molar-refractivity contribution in [2.75, 3.05) is 5.32 Å². The highest BCUT2D eigenvalue weighted by Crippen LogP contribution is 2.29. The minimum atomic E-state index is -0.198. The van der Waals surface area contributed by atoms with E-state index in [1.807, 2.05) is 32.0 Å². The summed E-state index contributed by atoms with van der Waals surface area (Å²) in [7, 11) is 0. The van der Waals surface area contributed by atoms with Gasteiger partial charge in [0.1, 0.15) is 0 Å². The lowest BCUT2D eigenvalue weighted by Gasteiger charge is -2.11. The van der Waals surface area contributed by atoms with Gasteiger partial charge in [0.25, 0.3) is 0 Å². The van der Waals surface area contributed by atoms with E-state index in [2.05, 4.69) is 42.2 Å². The first-order valence-corrected chi connectivity index (χ1v) is 8.01. The molecule has 1 aromatic heterocycles. The Hall–Kier alpha value is -0.460. The van der Waals surface area contributed by atoms with Crippen LogP contribution in [0.4, 0.5) is 5.13 Å². The van der Waals surface area contributed by atoms with Gasteiger partial charge >= 0.3 is 0 Å². The van der Waals surface area contributed by atoms with Gasteiger partial charge in [-0.2, -0.15) is 0 Å². The predicted octanol–water partition coefficient (Wildman–Crippen LogP) is 4.42. The fourth-order valence-corrected chi connectivity index (χ4v) is 2.96. The van der Waals surface area contributed by atoms with Gasteiger partial charge in [0.2, 0.25) is 5.91 Å². The number of carbonyl (C=O) groups is 1. The molecule has 0 bridgehead atoms. The summed E-state index contributed by atoms with van der Waals surface area (Å²) in [6.07, 6.45) is 0. The second-order valence-electron chi connectivity index (χ2n) is 4.27. The molecule has 1 heterocycles. The normalized spacial score (nSPS) is 12.9. The first-order valence-electron chi connectivity index (χ1n) is 5.48. The topological polar surface area (TPSA) is 42.0 Å². The Labute approximate surface area is 126 Å². The van der Waals surface area contributed by atoms with Crippen molar-refractivity contribution in [3.63, 3.8) is 0 Å². The Morgan fingerprint density at radius 1 is 1.44 bits per heavy atom. The minimum Gasteiger partial charge on any atom is -0.301 e. The van der Waals surface area contributed by atoms with Gasteiger partial charge in [0.05, 0.1) is 15.0 Å². The van der Waals surface area contributed by atoms with Crippen LogP contribution in [0.15, 0.2) is 22.7 Å². The third kappa shape index (κ3) is 3.10. The highest BCUT2D eigenvalue weighted by molar-refractivity contribution is 9.10. The van der Waals surface area contributed by atoms with Crippen LogP contribution in [0.5, 0.6) is 0 Å². The monoisotopic (exact) mass is 390 g/mol. The summed E-state index contributed by atoms with van der Waals surface area (Å²) in [5.74, 6) is 0.191. The van der Waals surface area contributed by atoms with Crippen LogP contribution >= 0.6 is 43.2 Å². The maximum atomic E-state index is 11.9. The van der Waals surface area contributed by atoms with Gasteiger partial charge in [0, 0.05) is 4.47 Å². The van der Waals surface area contributed by atoms with Crippen molar-refractivity contribution in [1.29, 1.82) is 0 Å². The molecular formula is C12H12Br2N2OS. The van der Waals surface area contributed by atoms with Crippen LogP contribution in [0.25, 0.3) is 10.2 Å². The molecule has 96 valence electrons. The lowest BCUT2D eigenvalue weighted by molar-refractivity contribution is -0.116. The zero-order valence-electron chi connectivity index (χ0n) is 9.91. The van der Waals surface area contributed by atoms with Crippen molar-refractivity contribution in [3.8, 4) is 0 Å². The molecule has 1 atom stereocenters. The number of thiazole rings is 1. The molecule has 2 aromatic rings. The van der Waals surface area contributed by atoms with E-state index in [9.17, 15) is 4.79 Å². The van der Waals surface area contributed by atoms with Crippen molar-refractivity contribution in [2.45, 2.75) is 18.7 Å². The minimum absolute atomic E-state index is 0.0527. The average Bonchev–Trinajstić information content (AvgIpc) is 2.68. The molecule has 0 aliphatic carbocycles. The first kappa shape index (κ1) is 14.0. The van der Waals surface area contributed by atoms with E-state index in [-0.39, 0.29) is 16.7 Å². The van der Waals surface area contributed by atoms with E-state index in [0.29, 0.717) is 5.13 Å². The number of nitrogens with zero attached hydrogens (tertiary/aromatic N) is 1. The van der Waals surface area contributed by atoms with Gasteiger partial charge in [0.15, 0.2) is 5.13 Å². The SMILES string of the molecule is CC(C)[C@@H](Br)C(=O)Nc1nc2ccc(Br)cc2s1. The molecule has 18 heavy (non-hydrogen) atoms. The van der Waals surface area contributed by atoms with Gasteiger partial charge in [-0.05, 0) is 24.1 Å². The van der Waals surface area contributed by atoms with Gasteiger partial charge in [-0.15, -0.1) is 0 Å². The first-order chi connectivity index (χ1) is 8.47.